The number of fused-ring (bicyclic) bond motifs is 1. The van der Waals surface area contributed by atoms with E-state index in [9.17, 15) is 9.59 Å². The number of ether oxygens (including phenoxy) is 4. The van der Waals surface area contributed by atoms with Gasteiger partial charge in [-0.15, -0.1) is 0 Å². The topological polar surface area (TPSA) is 71.1 Å². The second-order valence-electron chi connectivity index (χ2n) is 6.14. The van der Waals surface area contributed by atoms with E-state index in [0.717, 1.165) is 11.1 Å². The average molecular weight is 324 g/mol. The fraction of sp³-hybridized carbons (Fsp3) is 0.647. The number of methoxy groups -OCH3 is 4. The molecule has 0 aromatic carbocycles. The largest absolute Gasteiger partial charge is 0.493 e. The molecule has 6 heteroatoms. The summed E-state index contributed by atoms with van der Waals surface area (Å²) in [5, 5.41) is 0. The standard InChI is InChI=1S/C17H24O6/c1-10-7-13-16(8-11(10)2,15(19)21-4)9-12(20-3)14(18)17(13,22-5)23-6/h9,13H,7-8H2,1-6H3/t13-,16+/m1/s1. The molecule has 0 radical (unpaired) electrons. The summed E-state index contributed by atoms with van der Waals surface area (Å²) >= 11 is 0. The SMILES string of the molecule is COC(=O)[C@@]12C=C(OC)C(=O)C(OC)(OC)[C@@H]1CC(C)=C(C)C2. The average Bonchev–Trinajstić information content (AvgIpc) is 2.56. The number of hydrogen-bond acceptors (Lipinski definition) is 6. The van der Waals surface area contributed by atoms with Crippen molar-refractivity contribution >= 4 is 11.8 Å². The third kappa shape index (κ3) is 2.32. The van der Waals surface area contributed by atoms with E-state index in [0.29, 0.717) is 12.8 Å². The molecule has 23 heavy (non-hydrogen) atoms. The zero-order valence-corrected chi connectivity index (χ0v) is 14.5. The van der Waals surface area contributed by atoms with Gasteiger partial charge in [-0.2, -0.15) is 0 Å². The first-order chi connectivity index (χ1) is 10.8. The van der Waals surface area contributed by atoms with Crippen LogP contribution in [0, 0.1) is 11.3 Å². The third-order valence-corrected chi connectivity index (χ3v) is 5.20. The van der Waals surface area contributed by atoms with Gasteiger partial charge in [0.25, 0.3) is 5.78 Å². The molecule has 0 unspecified atom stereocenters. The van der Waals surface area contributed by atoms with E-state index in [-0.39, 0.29) is 5.76 Å². The Kier molecular flexibility index (Phi) is 4.69. The Labute approximate surface area is 136 Å². The van der Waals surface area contributed by atoms with E-state index in [1.807, 2.05) is 13.8 Å². The van der Waals surface area contributed by atoms with Crippen LogP contribution in [0.3, 0.4) is 0 Å². The first kappa shape index (κ1) is 17.7. The Balaban J connectivity index is 2.77. The number of hydrogen-bond donors (Lipinski definition) is 0. The van der Waals surface area contributed by atoms with Gasteiger partial charge in [0, 0.05) is 20.1 Å². The van der Waals surface area contributed by atoms with Crippen LogP contribution in [0.25, 0.3) is 0 Å². The molecule has 2 aliphatic carbocycles. The third-order valence-electron chi connectivity index (χ3n) is 5.20. The van der Waals surface area contributed by atoms with Gasteiger partial charge in [-0.3, -0.25) is 9.59 Å². The molecule has 0 heterocycles. The Morgan fingerprint density at radius 2 is 1.74 bits per heavy atom. The van der Waals surface area contributed by atoms with Crippen molar-refractivity contribution in [3.8, 4) is 0 Å². The van der Waals surface area contributed by atoms with Crippen molar-refractivity contribution in [1.29, 1.82) is 0 Å². The maximum atomic E-state index is 12.8. The summed E-state index contributed by atoms with van der Waals surface area (Å²) in [5.74, 6) is -2.87. The number of ketones is 1. The van der Waals surface area contributed by atoms with Crippen LogP contribution in [0.2, 0.25) is 0 Å². The van der Waals surface area contributed by atoms with Gasteiger partial charge in [0.15, 0.2) is 5.76 Å². The first-order valence-electron chi connectivity index (χ1n) is 7.48. The van der Waals surface area contributed by atoms with Crippen molar-refractivity contribution in [2.45, 2.75) is 32.5 Å². The zero-order valence-electron chi connectivity index (χ0n) is 14.5. The van der Waals surface area contributed by atoms with Crippen molar-refractivity contribution in [2.24, 2.45) is 11.3 Å². The summed E-state index contributed by atoms with van der Waals surface area (Å²) in [5.41, 5.74) is 1.16. The Morgan fingerprint density at radius 3 is 2.22 bits per heavy atom. The first-order valence-corrected chi connectivity index (χ1v) is 7.48. The number of allylic oxidation sites excluding steroid dienone is 2. The maximum absolute atomic E-state index is 12.8. The molecule has 2 rings (SSSR count). The molecule has 2 aliphatic rings. The molecule has 0 aromatic heterocycles. The van der Waals surface area contributed by atoms with Gasteiger partial charge in [0.1, 0.15) is 5.41 Å². The van der Waals surface area contributed by atoms with Crippen LogP contribution in [0.15, 0.2) is 23.0 Å². The second-order valence-corrected chi connectivity index (χ2v) is 6.14. The highest BCUT2D eigenvalue weighted by Crippen LogP contribution is 2.55. The summed E-state index contributed by atoms with van der Waals surface area (Å²) < 4.78 is 21.3. The minimum absolute atomic E-state index is 0.0581. The molecule has 0 aromatic rings. The fourth-order valence-corrected chi connectivity index (χ4v) is 3.80. The minimum atomic E-state index is -1.57. The number of carbonyl (C=O) groups excluding carboxylic acids is 2. The van der Waals surface area contributed by atoms with Crippen LogP contribution in [0.1, 0.15) is 26.7 Å². The molecule has 0 bridgehead atoms. The quantitative estimate of drug-likeness (QED) is 0.447. The second kappa shape index (κ2) is 6.09. The summed E-state index contributed by atoms with van der Waals surface area (Å²) in [4.78, 5) is 25.5. The van der Waals surface area contributed by atoms with Gasteiger partial charge in [-0.25, -0.2) is 0 Å². The molecular formula is C17H24O6. The molecule has 0 N–H and O–H groups in total. The number of carbonyl (C=O) groups is 2. The van der Waals surface area contributed by atoms with Crippen LogP contribution in [0.4, 0.5) is 0 Å². The smallest absolute Gasteiger partial charge is 0.316 e. The Bertz CT molecular complexity index is 584. The van der Waals surface area contributed by atoms with Gasteiger partial charge >= 0.3 is 5.97 Å². The van der Waals surface area contributed by atoms with Crippen molar-refractivity contribution < 1.29 is 28.5 Å². The molecule has 0 fully saturated rings. The lowest BCUT2D eigenvalue weighted by atomic mass is 9.58. The summed E-state index contributed by atoms with van der Waals surface area (Å²) in [6, 6.07) is 0. The molecule has 0 saturated heterocycles. The van der Waals surface area contributed by atoms with E-state index in [1.54, 1.807) is 6.08 Å². The molecule has 128 valence electrons. The molecule has 6 nitrogen and oxygen atoms in total. The van der Waals surface area contributed by atoms with Crippen LogP contribution in [-0.4, -0.2) is 46.0 Å². The van der Waals surface area contributed by atoms with Crippen molar-refractivity contribution in [3.63, 3.8) is 0 Å². The van der Waals surface area contributed by atoms with Gasteiger partial charge < -0.3 is 18.9 Å². The summed E-state index contributed by atoms with van der Waals surface area (Å²) in [6.07, 6.45) is 2.52. The highest BCUT2D eigenvalue weighted by atomic mass is 16.7. The molecule has 0 spiro atoms. The predicted octanol–water partition coefficient (Wildman–Crippen LogP) is 1.99. The van der Waals surface area contributed by atoms with E-state index in [4.69, 9.17) is 18.9 Å². The van der Waals surface area contributed by atoms with Crippen LogP contribution in [-0.2, 0) is 28.5 Å². The predicted molar refractivity (Wildman–Crippen MR) is 82.4 cm³/mol. The minimum Gasteiger partial charge on any atom is -0.493 e. The number of esters is 1. The van der Waals surface area contributed by atoms with E-state index in [1.165, 1.54) is 28.4 Å². The highest BCUT2D eigenvalue weighted by Gasteiger charge is 2.64. The summed E-state index contributed by atoms with van der Waals surface area (Å²) in [7, 11) is 5.54. The van der Waals surface area contributed by atoms with Crippen molar-refractivity contribution in [1.82, 2.24) is 0 Å². The fourth-order valence-electron chi connectivity index (χ4n) is 3.80. The molecule has 2 atom stereocenters. The van der Waals surface area contributed by atoms with Crippen LogP contribution in [0.5, 0.6) is 0 Å². The van der Waals surface area contributed by atoms with Gasteiger partial charge in [-0.05, 0) is 32.8 Å². The number of Topliss-reactive ketones (excluding diaryl/α,β-unsaturated/α-hetero) is 1. The number of rotatable bonds is 4. The van der Waals surface area contributed by atoms with Gasteiger partial charge in [0.05, 0.1) is 14.2 Å². The lowest BCUT2D eigenvalue weighted by molar-refractivity contribution is -0.250. The van der Waals surface area contributed by atoms with Crippen LogP contribution >= 0.6 is 0 Å². The molecule has 0 saturated carbocycles. The molecular weight excluding hydrogens is 300 g/mol. The maximum Gasteiger partial charge on any atom is 0.316 e. The van der Waals surface area contributed by atoms with Crippen molar-refractivity contribution in [2.75, 3.05) is 28.4 Å². The van der Waals surface area contributed by atoms with Gasteiger partial charge in [-0.1, -0.05) is 11.1 Å². The zero-order chi connectivity index (χ0) is 17.4. The van der Waals surface area contributed by atoms with E-state index < -0.39 is 28.9 Å². The van der Waals surface area contributed by atoms with Gasteiger partial charge in [0.2, 0.25) is 5.79 Å². The lowest BCUT2D eigenvalue weighted by Gasteiger charge is -2.50. The molecule has 0 amide bonds. The molecule has 0 aliphatic heterocycles. The lowest BCUT2D eigenvalue weighted by Crippen LogP contribution is -2.62. The Hall–Kier alpha value is -1.66. The van der Waals surface area contributed by atoms with E-state index in [2.05, 4.69) is 0 Å². The monoisotopic (exact) mass is 324 g/mol. The Morgan fingerprint density at radius 1 is 1.13 bits per heavy atom. The highest BCUT2D eigenvalue weighted by molar-refractivity contribution is 6.03. The summed E-state index contributed by atoms with van der Waals surface area (Å²) in [6.45, 7) is 3.97. The normalized spacial score (nSPS) is 29.7. The van der Waals surface area contributed by atoms with Crippen molar-refractivity contribution in [3.05, 3.63) is 23.0 Å². The van der Waals surface area contributed by atoms with E-state index >= 15 is 0 Å². The van der Waals surface area contributed by atoms with Crippen LogP contribution < -0.4 is 0 Å².